The summed E-state index contributed by atoms with van der Waals surface area (Å²) in [5, 5.41) is 5.50. The third-order valence-corrected chi connectivity index (χ3v) is 4.53. The predicted molar refractivity (Wildman–Crippen MR) is 94.6 cm³/mol. The molecule has 6 heteroatoms. The molecule has 112 valence electrons. The van der Waals surface area contributed by atoms with E-state index in [-0.39, 0.29) is 0 Å². The van der Waals surface area contributed by atoms with E-state index >= 15 is 0 Å². The Morgan fingerprint density at radius 3 is 2.24 bits per heavy atom. The van der Waals surface area contributed by atoms with Crippen molar-refractivity contribution >= 4 is 57.8 Å². The highest BCUT2D eigenvalue weighted by Crippen LogP contribution is 2.35. The lowest BCUT2D eigenvalue weighted by Crippen LogP contribution is -2.13. The zero-order valence-electron chi connectivity index (χ0n) is 11.6. The number of anilines is 2. The standard InChI is InChI=1S/C15H14Cl4N2/c1-21(2)15-12(18)4-3-5-13(15)20-8-9-10(16)6-7-11(17)14(9)19/h3-7,20H,8H2,1-2H3. The predicted octanol–water partition coefficient (Wildman–Crippen LogP) is 5.98. The van der Waals surface area contributed by atoms with E-state index in [1.54, 1.807) is 12.1 Å². The van der Waals surface area contributed by atoms with Crippen LogP contribution in [0.25, 0.3) is 0 Å². The second-order valence-corrected chi connectivity index (χ2v) is 6.31. The number of nitrogens with one attached hydrogen (secondary N) is 1. The van der Waals surface area contributed by atoms with Crippen LogP contribution in [0, 0.1) is 0 Å². The molecule has 0 aromatic heterocycles. The summed E-state index contributed by atoms with van der Waals surface area (Å²) in [4.78, 5) is 1.95. The first-order valence-electron chi connectivity index (χ1n) is 6.24. The lowest BCUT2D eigenvalue weighted by atomic mass is 10.2. The van der Waals surface area contributed by atoms with Gasteiger partial charge in [-0.3, -0.25) is 0 Å². The number of benzene rings is 2. The third kappa shape index (κ3) is 3.70. The maximum absolute atomic E-state index is 6.24. The Morgan fingerprint density at radius 2 is 1.57 bits per heavy atom. The zero-order chi connectivity index (χ0) is 15.6. The van der Waals surface area contributed by atoms with Crippen LogP contribution in [0.1, 0.15) is 5.56 Å². The first-order chi connectivity index (χ1) is 9.91. The van der Waals surface area contributed by atoms with Gasteiger partial charge >= 0.3 is 0 Å². The molecule has 0 saturated heterocycles. The highest BCUT2D eigenvalue weighted by Gasteiger charge is 2.12. The minimum atomic E-state index is 0.458. The maximum atomic E-state index is 6.24. The Hall–Kier alpha value is -0.800. The molecule has 0 radical (unpaired) electrons. The molecule has 0 aliphatic heterocycles. The third-order valence-electron chi connectivity index (χ3n) is 3.03. The van der Waals surface area contributed by atoms with Gasteiger partial charge in [0.25, 0.3) is 0 Å². The molecule has 21 heavy (non-hydrogen) atoms. The first kappa shape index (κ1) is 16.6. The summed E-state index contributed by atoms with van der Waals surface area (Å²) < 4.78 is 0. The Kier molecular flexibility index (Phi) is 5.50. The van der Waals surface area contributed by atoms with Crippen molar-refractivity contribution in [2.24, 2.45) is 0 Å². The lowest BCUT2D eigenvalue weighted by molar-refractivity contribution is 1.10. The molecule has 0 aliphatic carbocycles. The van der Waals surface area contributed by atoms with Crippen LogP contribution >= 0.6 is 46.4 Å². The lowest BCUT2D eigenvalue weighted by Gasteiger charge is -2.20. The van der Waals surface area contributed by atoms with Gasteiger partial charge in [0.05, 0.1) is 26.4 Å². The van der Waals surface area contributed by atoms with Crippen LogP contribution in [-0.4, -0.2) is 14.1 Å². The van der Waals surface area contributed by atoms with Gasteiger partial charge in [0.2, 0.25) is 0 Å². The molecule has 1 N–H and O–H groups in total. The summed E-state index contributed by atoms with van der Waals surface area (Å²) in [6.07, 6.45) is 0. The van der Waals surface area contributed by atoms with Gasteiger partial charge in [-0.15, -0.1) is 0 Å². The average Bonchev–Trinajstić information content (AvgIpc) is 2.42. The number of para-hydroxylation sites is 1. The molecule has 0 heterocycles. The van der Waals surface area contributed by atoms with Crippen molar-refractivity contribution in [3.8, 4) is 0 Å². The van der Waals surface area contributed by atoms with E-state index in [1.807, 2.05) is 37.2 Å². The summed E-state index contributed by atoms with van der Waals surface area (Å²) in [6, 6.07) is 9.10. The van der Waals surface area contributed by atoms with Crippen molar-refractivity contribution < 1.29 is 0 Å². The summed E-state index contributed by atoms with van der Waals surface area (Å²) in [5.74, 6) is 0. The molecule has 0 atom stereocenters. The van der Waals surface area contributed by atoms with Gasteiger partial charge in [-0.25, -0.2) is 0 Å². The van der Waals surface area contributed by atoms with Gasteiger partial charge in [-0.05, 0) is 24.3 Å². The second-order valence-electron chi connectivity index (χ2n) is 4.71. The summed E-state index contributed by atoms with van der Waals surface area (Å²) >= 11 is 24.7. The molecule has 2 nitrogen and oxygen atoms in total. The van der Waals surface area contributed by atoms with E-state index in [1.165, 1.54) is 0 Å². The molecule has 2 aromatic carbocycles. The van der Waals surface area contributed by atoms with E-state index in [0.29, 0.717) is 26.6 Å². The minimum Gasteiger partial charge on any atom is -0.379 e. The Morgan fingerprint density at radius 1 is 0.905 bits per heavy atom. The highest BCUT2D eigenvalue weighted by atomic mass is 35.5. The van der Waals surface area contributed by atoms with Crippen molar-refractivity contribution in [2.45, 2.75) is 6.54 Å². The fourth-order valence-corrected chi connectivity index (χ4v) is 3.05. The van der Waals surface area contributed by atoms with Gasteiger partial charge in [0.15, 0.2) is 0 Å². The number of halogens is 4. The fraction of sp³-hybridized carbons (Fsp3) is 0.200. The maximum Gasteiger partial charge on any atom is 0.0786 e. The molecule has 2 rings (SSSR count). The van der Waals surface area contributed by atoms with Gasteiger partial charge in [-0.2, -0.15) is 0 Å². The van der Waals surface area contributed by atoms with Crippen molar-refractivity contribution in [3.05, 3.63) is 56.0 Å². The molecular formula is C15H14Cl4N2. The second kappa shape index (κ2) is 6.97. The van der Waals surface area contributed by atoms with Crippen LogP contribution < -0.4 is 10.2 Å². The fourth-order valence-electron chi connectivity index (χ4n) is 2.03. The normalized spacial score (nSPS) is 10.6. The summed E-state index contributed by atoms with van der Waals surface area (Å²) in [6.45, 7) is 0.458. The SMILES string of the molecule is CN(C)c1c(Cl)cccc1NCc1c(Cl)ccc(Cl)c1Cl. The Labute approximate surface area is 144 Å². The molecule has 0 unspecified atom stereocenters. The molecule has 2 aromatic rings. The van der Waals surface area contributed by atoms with Crippen molar-refractivity contribution in [1.82, 2.24) is 0 Å². The van der Waals surface area contributed by atoms with E-state index < -0.39 is 0 Å². The monoisotopic (exact) mass is 362 g/mol. The van der Waals surface area contributed by atoms with Gasteiger partial charge in [0.1, 0.15) is 0 Å². The van der Waals surface area contributed by atoms with Gasteiger partial charge in [0, 0.05) is 31.2 Å². The van der Waals surface area contributed by atoms with Crippen LogP contribution in [0.2, 0.25) is 20.1 Å². The number of hydrogen-bond donors (Lipinski definition) is 1. The van der Waals surface area contributed by atoms with Crippen molar-refractivity contribution in [3.63, 3.8) is 0 Å². The van der Waals surface area contributed by atoms with Crippen LogP contribution in [0.3, 0.4) is 0 Å². The minimum absolute atomic E-state index is 0.458. The van der Waals surface area contributed by atoms with Crippen molar-refractivity contribution in [2.75, 3.05) is 24.3 Å². The molecule has 0 aliphatic rings. The van der Waals surface area contributed by atoms with E-state index in [4.69, 9.17) is 46.4 Å². The van der Waals surface area contributed by atoms with Gasteiger partial charge in [-0.1, -0.05) is 52.5 Å². The van der Waals surface area contributed by atoms with Gasteiger partial charge < -0.3 is 10.2 Å². The van der Waals surface area contributed by atoms with E-state index in [0.717, 1.165) is 16.9 Å². The van der Waals surface area contributed by atoms with Crippen LogP contribution in [0.15, 0.2) is 30.3 Å². The number of hydrogen-bond acceptors (Lipinski definition) is 2. The van der Waals surface area contributed by atoms with Crippen LogP contribution in [-0.2, 0) is 6.54 Å². The quantitative estimate of drug-likeness (QED) is 0.672. The molecular weight excluding hydrogens is 350 g/mol. The van der Waals surface area contributed by atoms with Crippen LogP contribution in [0.5, 0.6) is 0 Å². The molecule has 0 spiro atoms. The van der Waals surface area contributed by atoms with Crippen molar-refractivity contribution in [1.29, 1.82) is 0 Å². The Balaban J connectivity index is 2.30. The highest BCUT2D eigenvalue weighted by molar-refractivity contribution is 6.44. The smallest absolute Gasteiger partial charge is 0.0786 e. The number of nitrogens with zero attached hydrogens (tertiary/aromatic N) is 1. The average molecular weight is 364 g/mol. The first-order valence-corrected chi connectivity index (χ1v) is 7.75. The van der Waals surface area contributed by atoms with Crippen LogP contribution in [0.4, 0.5) is 11.4 Å². The topological polar surface area (TPSA) is 15.3 Å². The largest absolute Gasteiger partial charge is 0.379 e. The molecule has 0 saturated carbocycles. The molecule has 0 amide bonds. The summed E-state index contributed by atoms with van der Waals surface area (Å²) in [5.41, 5.74) is 2.57. The zero-order valence-corrected chi connectivity index (χ0v) is 14.6. The Bertz CT molecular complexity index is 656. The summed E-state index contributed by atoms with van der Waals surface area (Å²) in [7, 11) is 3.87. The number of rotatable bonds is 4. The molecule has 0 bridgehead atoms. The van der Waals surface area contributed by atoms with E-state index in [2.05, 4.69) is 5.32 Å². The van der Waals surface area contributed by atoms with E-state index in [9.17, 15) is 0 Å². The molecule has 0 fully saturated rings.